The number of rotatable bonds is 5. The maximum atomic E-state index is 6.53. The quantitative estimate of drug-likeness (QED) is 0.175. The first-order valence-electron chi connectivity index (χ1n) is 18.9. The number of fused-ring (bicyclic) bond motifs is 7. The van der Waals surface area contributed by atoms with E-state index >= 15 is 0 Å². The molecule has 0 fully saturated rings. The molecule has 0 amide bonds. The zero-order chi connectivity index (χ0) is 36.3. The van der Waals surface area contributed by atoms with Crippen LogP contribution in [0.5, 0.6) is 0 Å². The molecule has 11 rings (SSSR count). The van der Waals surface area contributed by atoms with Gasteiger partial charge in [0, 0.05) is 16.3 Å². The van der Waals surface area contributed by atoms with E-state index < -0.39 is 0 Å². The van der Waals surface area contributed by atoms with Gasteiger partial charge < -0.3 is 9.73 Å². The lowest BCUT2D eigenvalue weighted by molar-refractivity contribution is 0.411. The minimum atomic E-state index is -0.297. The molecule has 0 spiro atoms. The van der Waals surface area contributed by atoms with Gasteiger partial charge in [0.2, 0.25) is 0 Å². The number of nitrogens with one attached hydrogen (secondary N) is 2. The maximum absolute atomic E-state index is 6.53. The number of nitrogens with zero attached hydrogens (tertiary/aromatic N) is 1. The van der Waals surface area contributed by atoms with Crippen LogP contribution in [0.25, 0.3) is 76.5 Å². The van der Waals surface area contributed by atoms with Gasteiger partial charge in [-0.15, -0.1) is 0 Å². The standard InChI is InChI=1S/C51H35N3O/c1-3-12-32(13-4-1)35-24-27-45-47(31-35)55-46-21-11-20-43(48(45)46)42-28-29-44(41-19-10-9-18-40(41)42)51-53-49(34-15-5-2-6-16-34)52-50(54-51)37-25-26-39-36(30-37)23-22-33-14-7-8-17-38(33)39/h1-31,50-51,54H,(H,52,53). The third kappa shape index (κ3) is 5.38. The van der Waals surface area contributed by atoms with Crippen LogP contribution in [0.3, 0.4) is 0 Å². The Morgan fingerprint density at radius 1 is 0.436 bits per heavy atom. The lowest BCUT2D eigenvalue weighted by Crippen LogP contribution is -2.45. The van der Waals surface area contributed by atoms with Gasteiger partial charge in [-0.25, -0.2) is 4.99 Å². The summed E-state index contributed by atoms with van der Waals surface area (Å²) in [6.07, 6.45) is -0.464. The van der Waals surface area contributed by atoms with E-state index in [-0.39, 0.29) is 12.3 Å². The zero-order valence-corrected chi connectivity index (χ0v) is 29.9. The molecular formula is C51H35N3O. The molecule has 4 heteroatoms. The average molecular weight is 706 g/mol. The van der Waals surface area contributed by atoms with Crippen molar-refractivity contribution in [1.82, 2.24) is 10.6 Å². The molecule has 1 aliphatic rings. The molecule has 9 aromatic carbocycles. The molecule has 2 unspecified atom stereocenters. The van der Waals surface area contributed by atoms with Crippen molar-refractivity contribution in [3.05, 3.63) is 205 Å². The first kappa shape index (κ1) is 31.5. The van der Waals surface area contributed by atoms with Gasteiger partial charge >= 0.3 is 0 Å². The van der Waals surface area contributed by atoms with Crippen LogP contribution in [-0.4, -0.2) is 5.84 Å². The van der Waals surface area contributed by atoms with Gasteiger partial charge in [0.1, 0.15) is 29.3 Å². The van der Waals surface area contributed by atoms with Crippen molar-refractivity contribution in [1.29, 1.82) is 0 Å². The Morgan fingerprint density at radius 3 is 2.00 bits per heavy atom. The van der Waals surface area contributed by atoms with Crippen molar-refractivity contribution >= 4 is 60.1 Å². The van der Waals surface area contributed by atoms with Crippen LogP contribution in [0, 0.1) is 0 Å². The molecular weight excluding hydrogens is 671 g/mol. The zero-order valence-electron chi connectivity index (χ0n) is 29.9. The molecule has 2 heterocycles. The van der Waals surface area contributed by atoms with Gasteiger partial charge in [-0.1, -0.05) is 164 Å². The third-order valence-electron chi connectivity index (χ3n) is 11.2. The van der Waals surface area contributed by atoms with Gasteiger partial charge in [-0.05, 0) is 90.0 Å². The minimum Gasteiger partial charge on any atom is -0.456 e. The van der Waals surface area contributed by atoms with Gasteiger partial charge in [0.05, 0.1) is 0 Å². The van der Waals surface area contributed by atoms with Gasteiger partial charge in [0.15, 0.2) is 0 Å². The average Bonchev–Trinajstić information content (AvgIpc) is 3.64. The summed E-state index contributed by atoms with van der Waals surface area (Å²) in [4.78, 5) is 5.35. The Morgan fingerprint density at radius 2 is 1.15 bits per heavy atom. The van der Waals surface area contributed by atoms with Crippen LogP contribution in [-0.2, 0) is 0 Å². The summed E-state index contributed by atoms with van der Waals surface area (Å²) in [5.41, 5.74) is 9.75. The van der Waals surface area contributed by atoms with Crippen molar-refractivity contribution in [2.45, 2.75) is 12.3 Å². The first-order chi connectivity index (χ1) is 27.2. The van der Waals surface area contributed by atoms with Crippen LogP contribution in [0.2, 0.25) is 0 Å². The molecule has 1 aliphatic heterocycles. The highest BCUT2D eigenvalue weighted by Gasteiger charge is 2.27. The number of aliphatic imine (C=N–C) groups is 1. The Labute approximate surface area is 318 Å². The van der Waals surface area contributed by atoms with Crippen molar-refractivity contribution in [3.8, 4) is 22.3 Å². The summed E-state index contributed by atoms with van der Waals surface area (Å²) in [6, 6.07) is 66.9. The highest BCUT2D eigenvalue weighted by atomic mass is 16.3. The molecule has 0 saturated carbocycles. The second kappa shape index (κ2) is 12.8. The van der Waals surface area contributed by atoms with Crippen LogP contribution in [0.1, 0.15) is 29.0 Å². The molecule has 2 N–H and O–H groups in total. The summed E-state index contributed by atoms with van der Waals surface area (Å²) in [5, 5.41) is 17.2. The minimum absolute atomic E-state index is 0.168. The second-order valence-electron chi connectivity index (χ2n) is 14.4. The number of hydrogen-bond donors (Lipinski definition) is 2. The fourth-order valence-electron chi connectivity index (χ4n) is 8.50. The highest BCUT2D eigenvalue weighted by molar-refractivity contribution is 6.16. The van der Waals surface area contributed by atoms with Gasteiger partial charge in [0.25, 0.3) is 0 Å². The monoisotopic (exact) mass is 705 g/mol. The van der Waals surface area contributed by atoms with Gasteiger partial charge in [-0.2, -0.15) is 0 Å². The van der Waals surface area contributed by atoms with E-state index in [0.29, 0.717) is 0 Å². The van der Waals surface area contributed by atoms with Crippen LogP contribution < -0.4 is 10.6 Å². The van der Waals surface area contributed by atoms with E-state index in [4.69, 9.17) is 9.41 Å². The van der Waals surface area contributed by atoms with Gasteiger partial charge in [-0.3, -0.25) is 5.32 Å². The van der Waals surface area contributed by atoms with Crippen molar-refractivity contribution in [2.24, 2.45) is 4.99 Å². The van der Waals surface area contributed by atoms with Crippen molar-refractivity contribution in [3.63, 3.8) is 0 Å². The van der Waals surface area contributed by atoms with Crippen molar-refractivity contribution < 1.29 is 4.42 Å². The summed E-state index contributed by atoms with van der Waals surface area (Å²) in [6.45, 7) is 0. The molecule has 1 aromatic heterocycles. The maximum Gasteiger partial charge on any atom is 0.136 e. The number of hydrogen-bond acceptors (Lipinski definition) is 4. The molecule has 260 valence electrons. The summed E-state index contributed by atoms with van der Waals surface area (Å²) in [5.74, 6) is 0.866. The summed E-state index contributed by atoms with van der Waals surface area (Å²) < 4.78 is 6.53. The lowest BCUT2D eigenvalue weighted by Gasteiger charge is -2.33. The topological polar surface area (TPSA) is 49.6 Å². The molecule has 10 aromatic rings. The number of furan rings is 1. The predicted octanol–water partition coefficient (Wildman–Crippen LogP) is 12.7. The SMILES string of the molecule is c1ccc(C2=NC(c3ccc(-c4cccc5oc6cc(-c7ccccc7)ccc6c45)c4ccccc34)NC(c3ccc4c(ccc5ccccc54)c3)N2)cc1. The Bertz CT molecular complexity index is 3110. The van der Waals surface area contributed by atoms with E-state index in [2.05, 4.69) is 187 Å². The third-order valence-corrected chi connectivity index (χ3v) is 11.2. The van der Waals surface area contributed by atoms with E-state index in [1.807, 2.05) is 12.1 Å². The summed E-state index contributed by atoms with van der Waals surface area (Å²) >= 11 is 0. The molecule has 55 heavy (non-hydrogen) atoms. The number of benzene rings is 9. The van der Waals surface area contributed by atoms with E-state index in [0.717, 1.165) is 61.0 Å². The Kier molecular flexibility index (Phi) is 7.35. The molecule has 0 radical (unpaired) electrons. The Balaban J connectivity index is 1.03. The van der Waals surface area contributed by atoms with Crippen molar-refractivity contribution in [2.75, 3.05) is 0 Å². The van der Waals surface area contributed by atoms with E-state index in [9.17, 15) is 0 Å². The lowest BCUT2D eigenvalue weighted by atomic mass is 9.91. The predicted molar refractivity (Wildman–Crippen MR) is 228 cm³/mol. The summed E-state index contributed by atoms with van der Waals surface area (Å²) in [7, 11) is 0. The number of amidine groups is 1. The van der Waals surface area contributed by atoms with Crippen LogP contribution >= 0.6 is 0 Å². The molecule has 0 bridgehead atoms. The van der Waals surface area contributed by atoms with E-state index in [1.165, 1.54) is 38.1 Å². The largest absolute Gasteiger partial charge is 0.456 e. The van der Waals surface area contributed by atoms with Crippen LogP contribution in [0.15, 0.2) is 197 Å². The second-order valence-corrected chi connectivity index (χ2v) is 14.4. The normalized spacial score (nSPS) is 15.8. The molecule has 0 aliphatic carbocycles. The molecule has 0 saturated heterocycles. The van der Waals surface area contributed by atoms with Crippen LogP contribution in [0.4, 0.5) is 0 Å². The highest BCUT2D eigenvalue weighted by Crippen LogP contribution is 2.42. The fourth-order valence-corrected chi connectivity index (χ4v) is 8.50. The van der Waals surface area contributed by atoms with E-state index in [1.54, 1.807) is 0 Å². The smallest absolute Gasteiger partial charge is 0.136 e. The first-order valence-corrected chi connectivity index (χ1v) is 18.9. The molecule has 4 nitrogen and oxygen atoms in total. The Hall–Kier alpha value is -7.01. The fraction of sp³-hybridized carbons (Fsp3) is 0.0392. The molecule has 2 atom stereocenters.